The van der Waals surface area contributed by atoms with Gasteiger partial charge in [0.05, 0.1) is 24.3 Å². The highest BCUT2D eigenvalue weighted by Gasteiger charge is 2.35. The monoisotopic (exact) mass is 473 g/mol. The van der Waals surface area contributed by atoms with Crippen LogP contribution in [0.4, 0.5) is 23.1 Å². The molecule has 164 valence electrons. The zero-order valence-electron chi connectivity index (χ0n) is 16.7. The number of carbonyl (C=O) groups is 2. The van der Waals surface area contributed by atoms with Gasteiger partial charge in [0.2, 0.25) is 17.8 Å². The van der Waals surface area contributed by atoms with Gasteiger partial charge in [0.1, 0.15) is 11.6 Å². The van der Waals surface area contributed by atoms with Gasteiger partial charge in [0.25, 0.3) is 5.56 Å². The van der Waals surface area contributed by atoms with Crippen molar-refractivity contribution in [2.24, 2.45) is 0 Å². The molecule has 1 atom stereocenters. The van der Waals surface area contributed by atoms with Crippen molar-refractivity contribution in [2.75, 3.05) is 23.1 Å². The van der Waals surface area contributed by atoms with Crippen molar-refractivity contribution in [3.05, 3.63) is 68.4 Å². The molecule has 32 heavy (non-hydrogen) atoms. The molecular weight excluding hydrogens is 457 g/mol. The van der Waals surface area contributed by atoms with Crippen molar-refractivity contribution in [2.45, 2.75) is 12.3 Å². The molecule has 4 rings (SSSR count). The number of hydrogen-bond acceptors (Lipinski definition) is 6. The van der Waals surface area contributed by atoms with Crippen LogP contribution in [-0.2, 0) is 9.59 Å². The molecule has 0 radical (unpaired) electrons. The number of anilines is 4. The van der Waals surface area contributed by atoms with E-state index in [0.717, 1.165) is 0 Å². The third kappa shape index (κ3) is 4.53. The van der Waals surface area contributed by atoms with Gasteiger partial charge < -0.3 is 20.7 Å². The number of fused-ring (bicyclic) bond motifs is 1. The Balaban J connectivity index is 1.65. The van der Waals surface area contributed by atoms with Crippen molar-refractivity contribution in [1.82, 2.24) is 9.97 Å². The topological polar surface area (TPSA) is 125 Å². The van der Waals surface area contributed by atoms with Crippen molar-refractivity contribution in [1.29, 1.82) is 0 Å². The van der Waals surface area contributed by atoms with Crippen LogP contribution in [0, 0.1) is 0 Å². The minimum Gasteiger partial charge on any atom is -0.495 e. The molecule has 0 saturated carbocycles. The first-order chi connectivity index (χ1) is 15.3. The third-order valence-corrected chi connectivity index (χ3v) is 5.28. The number of nitrogens with zero attached hydrogens (tertiary/aromatic N) is 1. The Morgan fingerprint density at radius 3 is 2.56 bits per heavy atom. The fourth-order valence-corrected chi connectivity index (χ4v) is 3.62. The lowest BCUT2D eigenvalue weighted by molar-refractivity contribution is -0.123. The molecule has 2 aromatic carbocycles. The van der Waals surface area contributed by atoms with E-state index in [0.29, 0.717) is 27.2 Å². The van der Waals surface area contributed by atoms with Gasteiger partial charge in [-0.2, -0.15) is 4.98 Å². The molecule has 0 bridgehead atoms. The van der Waals surface area contributed by atoms with Crippen molar-refractivity contribution in [3.63, 3.8) is 0 Å². The molecule has 1 aliphatic heterocycles. The summed E-state index contributed by atoms with van der Waals surface area (Å²) in [7, 11) is 1.45. The van der Waals surface area contributed by atoms with Crippen LogP contribution < -0.4 is 26.2 Å². The van der Waals surface area contributed by atoms with Gasteiger partial charge >= 0.3 is 0 Å². The molecule has 11 heteroatoms. The van der Waals surface area contributed by atoms with E-state index in [-0.39, 0.29) is 23.8 Å². The summed E-state index contributed by atoms with van der Waals surface area (Å²) in [5, 5.41) is 9.12. The van der Waals surface area contributed by atoms with Crippen LogP contribution >= 0.6 is 23.2 Å². The van der Waals surface area contributed by atoms with Crippen LogP contribution in [0.2, 0.25) is 10.0 Å². The Morgan fingerprint density at radius 1 is 1.12 bits per heavy atom. The van der Waals surface area contributed by atoms with E-state index in [1.807, 2.05) is 0 Å². The number of rotatable bonds is 5. The lowest BCUT2D eigenvalue weighted by Crippen LogP contribution is -2.36. The molecule has 0 aliphatic carbocycles. The van der Waals surface area contributed by atoms with E-state index in [1.165, 1.54) is 13.2 Å². The Hall–Kier alpha value is -3.56. The maximum atomic E-state index is 13.0. The molecule has 2 amide bonds. The largest absolute Gasteiger partial charge is 0.495 e. The van der Waals surface area contributed by atoms with E-state index >= 15 is 0 Å². The second-order valence-electron chi connectivity index (χ2n) is 6.95. The number of aromatic amines is 1. The SMILES string of the molecule is COc1ccc(Cl)cc1NC(=O)C1CC(=O)Nc2nc(Nc3ccc(Cl)cc3)[nH]c(=O)c21. The number of hydrogen-bond donors (Lipinski definition) is 4. The standard InChI is InChI=1S/C21H17Cl2N5O4/c1-32-15-7-4-11(23)8-14(15)25-19(30)13-9-16(29)26-18-17(13)20(31)28-21(27-18)24-12-5-2-10(22)3-6-12/h2-8,13H,9H2,1H3,(H,25,30)(H3,24,26,27,28,29,31). The summed E-state index contributed by atoms with van der Waals surface area (Å²) in [6, 6.07) is 11.5. The third-order valence-electron chi connectivity index (χ3n) is 4.79. The molecule has 0 spiro atoms. The van der Waals surface area contributed by atoms with Gasteiger partial charge in [-0.15, -0.1) is 0 Å². The highest BCUT2D eigenvalue weighted by atomic mass is 35.5. The Morgan fingerprint density at radius 2 is 1.84 bits per heavy atom. The smallest absolute Gasteiger partial charge is 0.258 e. The van der Waals surface area contributed by atoms with Crippen molar-refractivity contribution in [3.8, 4) is 5.75 Å². The second kappa shape index (κ2) is 8.89. The van der Waals surface area contributed by atoms with Crippen LogP contribution in [0.25, 0.3) is 0 Å². The molecule has 0 fully saturated rings. The molecule has 1 aliphatic rings. The lowest BCUT2D eigenvalue weighted by atomic mass is 9.92. The zero-order chi connectivity index (χ0) is 22.8. The van der Waals surface area contributed by atoms with Crippen LogP contribution in [0.1, 0.15) is 17.9 Å². The van der Waals surface area contributed by atoms with Gasteiger partial charge in [-0.05, 0) is 42.5 Å². The van der Waals surface area contributed by atoms with E-state index in [4.69, 9.17) is 27.9 Å². The van der Waals surface area contributed by atoms with E-state index in [9.17, 15) is 14.4 Å². The summed E-state index contributed by atoms with van der Waals surface area (Å²) in [6.45, 7) is 0. The number of carbonyl (C=O) groups excluding carboxylic acids is 2. The van der Waals surface area contributed by atoms with Crippen LogP contribution in [0.15, 0.2) is 47.3 Å². The van der Waals surface area contributed by atoms with Crippen LogP contribution in [0.3, 0.4) is 0 Å². The summed E-state index contributed by atoms with van der Waals surface area (Å²) in [6.07, 6.45) is -0.212. The predicted octanol–water partition coefficient (Wildman–Crippen LogP) is 3.89. The highest BCUT2D eigenvalue weighted by molar-refractivity contribution is 6.31. The maximum Gasteiger partial charge on any atom is 0.258 e. The summed E-state index contributed by atoms with van der Waals surface area (Å²) >= 11 is 11.9. The number of amides is 2. The van der Waals surface area contributed by atoms with Gasteiger partial charge in [-0.3, -0.25) is 19.4 Å². The summed E-state index contributed by atoms with van der Waals surface area (Å²) < 4.78 is 5.23. The Bertz CT molecular complexity index is 1260. The Kier molecular flexibility index (Phi) is 6.02. The quantitative estimate of drug-likeness (QED) is 0.445. The molecule has 0 saturated heterocycles. The van der Waals surface area contributed by atoms with Crippen LogP contribution in [-0.4, -0.2) is 28.9 Å². The predicted molar refractivity (Wildman–Crippen MR) is 122 cm³/mol. The van der Waals surface area contributed by atoms with Crippen molar-refractivity contribution < 1.29 is 14.3 Å². The average Bonchev–Trinajstić information content (AvgIpc) is 2.74. The molecule has 9 nitrogen and oxygen atoms in total. The molecule has 1 aromatic heterocycles. The lowest BCUT2D eigenvalue weighted by Gasteiger charge is -2.24. The number of H-pyrrole nitrogens is 1. The number of halogens is 2. The molecule has 1 unspecified atom stereocenters. The normalized spacial score (nSPS) is 14.8. The first-order valence-corrected chi connectivity index (χ1v) is 10.2. The Labute approximate surface area is 192 Å². The first-order valence-electron chi connectivity index (χ1n) is 9.45. The van der Waals surface area contributed by atoms with E-state index in [1.54, 1.807) is 36.4 Å². The summed E-state index contributed by atoms with van der Waals surface area (Å²) in [4.78, 5) is 45.0. The second-order valence-corrected chi connectivity index (χ2v) is 7.82. The van der Waals surface area contributed by atoms with E-state index < -0.39 is 23.3 Å². The first kappa shape index (κ1) is 21.7. The minimum absolute atomic E-state index is 0.0136. The summed E-state index contributed by atoms with van der Waals surface area (Å²) in [5.41, 5.74) is 0.458. The number of benzene rings is 2. The van der Waals surface area contributed by atoms with Gasteiger partial charge in [-0.1, -0.05) is 23.2 Å². The fraction of sp³-hybridized carbons (Fsp3) is 0.143. The number of nitrogens with one attached hydrogen (secondary N) is 4. The molecule has 2 heterocycles. The maximum absolute atomic E-state index is 13.0. The zero-order valence-corrected chi connectivity index (χ0v) is 18.2. The number of aromatic nitrogens is 2. The van der Waals surface area contributed by atoms with Gasteiger partial charge in [0, 0.05) is 22.2 Å². The minimum atomic E-state index is -1.05. The van der Waals surface area contributed by atoms with Crippen LogP contribution in [0.5, 0.6) is 5.75 Å². The fourth-order valence-electron chi connectivity index (χ4n) is 3.32. The van der Waals surface area contributed by atoms with Gasteiger partial charge in [-0.25, -0.2) is 0 Å². The van der Waals surface area contributed by atoms with Gasteiger partial charge in [0.15, 0.2) is 0 Å². The van der Waals surface area contributed by atoms with E-state index in [2.05, 4.69) is 25.9 Å². The molecular formula is C21H17Cl2N5O4. The number of ether oxygens (including phenoxy) is 1. The molecule has 4 N–H and O–H groups in total. The number of methoxy groups -OCH3 is 1. The highest BCUT2D eigenvalue weighted by Crippen LogP contribution is 2.33. The average molecular weight is 474 g/mol. The van der Waals surface area contributed by atoms with Crippen molar-refractivity contribution >= 4 is 58.2 Å². The molecule has 3 aromatic rings. The summed E-state index contributed by atoms with van der Waals surface area (Å²) in [5.74, 6) is -1.55.